The van der Waals surface area contributed by atoms with E-state index >= 15 is 0 Å². The molecule has 0 aliphatic carbocycles. The molecular formula is C13H10BrClN2O2S. The molecule has 7 heteroatoms. The van der Waals surface area contributed by atoms with Crippen LogP contribution in [0.1, 0.15) is 4.88 Å². The third-order valence-corrected chi connectivity index (χ3v) is 4.10. The van der Waals surface area contributed by atoms with Gasteiger partial charge in [-0.05, 0) is 34.1 Å². The lowest BCUT2D eigenvalue weighted by Crippen LogP contribution is -2.24. The first kappa shape index (κ1) is 15.0. The number of amides is 1. The number of benzene rings is 1. The lowest BCUT2D eigenvalue weighted by molar-refractivity contribution is -0.123. The number of carbonyl (C=O) groups excluding carboxylic acids is 1. The van der Waals surface area contributed by atoms with Crippen molar-refractivity contribution in [3.8, 4) is 5.75 Å². The fourth-order valence-corrected chi connectivity index (χ4v) is 2.80. The Hall–Kier alpha value is -1.37. The zero-order chi connectivity index (χ0) is 14.4. The Morgan fingerprint density at radius 1 is 1.50 bits per heavy atom. The third-order valence-electron chi connectivity index (χ3n) is 2.16. The molecule has 2 aromatic rings. The molecule has 1 aromatic heterocycles. The van der Waals surface area contributed by atoms with E-state index < -0.39 is 0 Å². The molecule has 0 radical (unpaired) electrons. The first-order valence-electron chi connectivity index (χ1n) is 5.58. The number of para-hydroxylation sites is 1. The van der Waals surface area contributed by atoms with Crippen LogP contribution in [0.25, 0.3) is 0 Å². The Kier molecular flexibility index (Phi) is 5.58. The first-order valence-corrected chi connectivity index (χ1v) is 7.63. The van der Waals surface area contributed by atoms with Gasteiger partial charge < -0.3 is 4.74 Å². The highest BCUT2D eigenvalue weighted by molar-refractivity contribution is 9.10. The summed E-state index contributed by atoms with van der Waals surface area (Å²) in [6.07, 6.45) is 1.57. The lowest BCUT2D eigenvalue weighted by Gasteiger charge is -2.06. The van der Waals surface area contributed by atoms with E-state index in [0.29, 0.717) is 10.8 Å². The van der Waals surface area contributed by atoms with E-state index in [1.807, 2.05) is 11.4 Å². The van der Waals surface area contributed by atoms with Crippen molar-refractivity contribution in [2.45, 2.75) is 0 Å². The first-order chi connectivity index (χ1) is 9.65. The minimum atomic E-state index is -0.350. The van der Waals surface area contributed by atoms with Crippen LogP contribution in [0.4, 0.5) is 0 Å². The van der Waals surface area contributed by atoms with Crippen LogP contribution in [0.15, 0.2) is 45.3 Å². The molecule has 0 atom stereocenters. The summed E-state index contributed by atoms with van der Waals surface area (Å²) < 4.78 is 6.27. The van der Waals surface area contributed by atoms with Crippen molar-refractivity contribution in [2.75, 3.05) is 6.61 Å². The minimum Gasteiger partial charge on any atom is -0.482 e. The van der Waals surface area contributed by atoms with E-state index in [9.17, 15) is 4.79 Å². The van der Waals surface area contributed by atoms with Crippen LogP contribution < -0.4 is 10.2 Å². The van der Waals surface area contributed by atoms with Crippen molar-refractivity contribution in [3.63, 3.8) is 0 Å². The highest BCUT2D eigenvalue weighted by Crippen LogP contribution is 2.22. The van der Waals surface area contributed by atoms with E-state index in [4.69, 9.17) is 16.3 Å². The Labute approximate surface area is 133 Å². The minimum absolute atomic E-state index is 0.144. The largest absolute Gasteiger partial charge is 0.482 e. The fourth-order valence-electron chi connectivity index (χ4n) is 1.30. The number of halogens is 2. The van der Waals surface area contributed by atoms with Crippen LogP contribution in [0, 0.1) is 0 Å². The van der Waals surface area contributed by atoms with Crippen LogP contribution >= 0.6 is 38.9 Å². The Balaban J connectivity index is 1.78. The zero-order valence-electron chi connectivity index (χ0n) is 10.2. The third kappa shape index (κ3) is 4.63. The maximum atomic E-state index is 11.5. The van der Waals surface area contributed by atoms with Crippen molar-refractivity contribution in [1.29, 1.82) is 0 Å². The molecule has 1 N–H and O–H groups in total. The number of hydrogen-bond donors (Lipinski definition) is 1. The Morgan fingerprint density at radius 3 is 3.00 bits per heavy atom. The van der Waals surface area contributed by atoms with Crippen LogP contribution in [-0.2, 0) is 4.79 Å². The van der Waals surface area contributed by atoms with Gasteiger partial charge in [0.2, 0.25) is 0 Å². The molecule has 104 valence electrons. The van der Waals surface area contributed by atoms with E-state index in [1.54, 1.807) is 30.5 Å². The second-order valence-corrected chi connectivity index (χ2v) is 5.95. The van der Waals surface area contributed by atoms with Crippen molar-refractivity contribution >= 4 is 51.0 Å². The number of nitrogens with one attached hydrogen (secondary N) is 1. The van der Waals surface area contributed by atoms with Gasteiger partial charge in [-0.2, -0.15) is 5.10 Å². The van der Waals surface area contributed by atoms with Gasteiger partial charge >= 0.3 is 0 Å². The standard InChI is InChI=1S/C13H10BrClN2O2S/c14-9-5-10(20-8-9)6-16-17-13(18)7-19-12-4-2-1-3-11(12)15/h1-6,8H,7H2,(H,17,18)/b16-6-. The number of ether oxygens (including phenoxy) is 1. The molecule has 0 fully saturated rings. The summed E-state index contributed by atoms with van der Waals surface area (Å²) in [5.41, 5.74) is 2.38. The van der Waals surface area contributed by atoms with E-state index in [0.717, 1.165) is 9.35 Å². The van der Waals surface area contributed by atoms with Crippen LogP contribution in [0.5, 0.6) is 5.75 Å². The quantitative estimate of drug-likeness (QED) is 0.642. The number of hydrogen-bond acceptors (Lipinski definition) is 4. The van der Waals surface area contributed by atoms with Gasteiger partial charge in [-0.1, -0.05) is 23.7 Å². The monoisotopic (exact) mass is 372 g/mol. The van der Waals surface area contributed by atoms with Crippen molar-refractivity contribution in [1.82, 2.24) is 5.43 Å². The molecule has 2 rings (SSSR count). The molecule has 0 aliphatic rings. The van der Waals surface area contributed by atoms with Gasteiger partial charge in [-0.25, -0.2) is 5.43 Å². The summed E-state index contributed by atoms with van der Waals surface area (Å²) in [7, 11) is 0. The van der Waals surface area contributed by atoms with E-state index in [1.165, 1.54) is 11.3 Å². The normalized spacial score (nSPS) is 10.7. The molecule has 0 saturated heterocycles. The van der Waals surface area contributed by atoms with Crippen molar-refractivity contribution in [2.24, 2.45) is 5.10 Å². The summed E-state index contributed by atoms with van der Waals surface area (Å²) in [6.45, 7) is -0.144. The second-order valence-electron chi connectivity index (χ2n) is 3.68. The summed E-state index contributed by atoms with van der Waals surface area (Å²) in [5.74, 6) is 0.118. The summed E-state index contributed by atoms with van der Waals surface area (Å²) in [6, 6.07) is 8.87. The maximum absolute atomic E-state index is 11.5. The van der Waals surface area contributed by atoms with Gasteiger partial charge in [0.25, 0.3) is 5.91 Å². The summed E-state index contributed by atoms with van der Waals surface area (Å²) in [4.78, 5) is 12.5. The van der Waals surface area contributed by atoms with Crippen LogP contribution in [-0.4, -0.2) is 18.7 Å². The van der Waals surface area contributed by atoms with Gasteiger partial charge in [0, 0.05) is 14.7 Å². The predicted octanol–water partition coefficient (Wildman–Crippen LogP) is 3.69. The second kappa shape index (κ2) is 7.42. The Bertz CT molecular complexity index is 630. The number of thiophene rings is 1. The number of carbonyl (C=O) groups is 1. The van der Waals surface area contributed by atoms with Gasteiger partial charge in [0.15, 0.2) is 6.61 Å². The Morgan fingerprint density at radius 2 is 2.30 bits per heavy atom. The van der Waals surface area contributed by atoms with Crippen molar-refractivity contribution in [3.05, 3.63) is 50.1 Å². The summed E-state index contributed by atoms with van der Waals surface area (Å²) >= 11 is 10.8. The molecule has 0 bridgehead atoms. The fraction of sp³-hybridized carbons (Fsp3) is 0.0769. The molecule has 1 aromatic carbocycles. The molecule has 4 nitrogen and oxygen atoms in total. The van der Waals surface area contributed by atoms with E-state index in [2.05, 4.69) is 26.5 Å². The molecule has 0 spiro atoms. The molecular weight excluding hydrogens is 364 g/mol. The SMILES string of the molecule is O=C(COc1ccccc1Cl)N/N=C\c1cc(Br)cs1. The highest BCUT2D eigenvalue weighted by atomic mass is 79.9. The average molecular weight is 374 g/mol. The molecule has 0 saturated carbocycles. The predicted molar refractivity (Wildman–Crippen MR) is 84.7 cm³/mol. The van der Waals surface area contributed by atoms with Crippen LogP contribution in [0.3, 0.4) is 0 Å². The van der Waals surface area contributed by atoms with Gasteiger partial charge in [0.1, 0.15) is 5.75 Å². The van der Waals surface area contributed by atoms with Gasteiger partial charge in [-0.3, -0.25) is 4.79 Å². The number of hydrazone groups is 1. The molecule has 0 unspecified atom stereocenters. The summed E-state index contributed by atoms with van der Waals surface area (Å²) in [5, 5.41) is 6.24. The average Bonchev–Trinajstić information content (AvgIpc) is 2.83. The van der Waals surface area contributed by atoms with Crippen LogP contribution in [0.2, 0.25) is 5.02 Å². The maximum Gasteiger partial charge on any atom is 0.277 e. The molecule has 20 heavy (non-hydrogen) atoms. The smallest absolute Gasteiger partial charge is 0.277 e. The zero-order valence-corrected chi connectivity index (χ0v) is 13.3. The van der Waals surface area contributed by atoms with Crippen molar-refractivity contribution < 1.29 is 9.53 Å². The molecule has 1 amide bonds. The lowest BCUT2D eigenvalue weighted by atomic mass is 10.3. The molecule has 1 heterocycles. The number of rotatable bonds is 5. The number of nitrogens with zero attached hydrogens (tertiary/aromatic N) is 1. The van der Waals surface area contributed by atoms with E-state index in [-0.39, 0.29) is 12.5 Å². The van der Waals surface area contributed by atoms with Gasteiger partial charge in [-0.15, -0.1) is 11.3 Å². The molecule has 0 aliphatic heterocycles. The van der Waals surface area contributed by atoms with Gasteiger partial charge in [0.05, 0.1) is 11.2 Å². The highest BCUT2D eigenvalue weighted by Gasteiger charge is 2.04. The topological polar surface area (TPSA) is 50.7 Å².